The van der Waals surface area contributed by atoms with Crippen LogP contribution in [0.2, 0.25) is 5.02 Å². The van der Waals surface area contributed by atoms with Crippen LogP contribution >= 0.6 is 11.6 Å². The zero-order valence-electron chi connectivity index (χ0n) is 6.64. The van der Waals surface area contributed by atoms with Gasteiger partial charge in [0.1, 0.15) is 10.7 Å². The van der Waals surface area contributed by atoms with E-state index >= 15 is 0 Å². The highest BCUT2D eigenvalue weighted by Gasteiger charge is 2.21. The van der Waals surface area contributed by atoms with Gasteiger partial charge < -0.3 is 20.7 Å². The topological polar surface area (TPSA) is 75.7 Å². The molecule has 4 N–H and O–H groups in total. The summed E-state index contributed by atoms with van der Waals surface area (Å²) in [5.74, 6) is -2.99. The second-order valence-electron chi connectivity index (χ2n) is 2.27. The summed E-state index contributed by atoms with van der Waals surface area (Å²) in [6, 6.07) is 0. The Bertz CT molecular complexity index is 327. The maximum atomic E-state index is 13.1. The fourth-order valence-corrected chi connectivity index (χ4v) is 1.02. The van der Waals surface area contributed by atoms with Gasteiger partial charge in [0, 0.05) is 0 Å². The molecule has 0 aliphatic carbocycles. The molecule has 72 valence electrons. The second kappa shape index (κ2) is 3.18. The third-order valence-electron chi connectivity index (χ3n) is 1.53. The van der Waals surface area contributed by atoms with E-state index in [-0.39, 0.29) is 0 Å². The van der Waals surface area contributed by atoms with E-state index in [9.17, 15) is 4.39 Å². The Hall–Kier alpha value is -1.36. The Morgan fingerprint density at radius 2 is 1.92 bits per heavy atom. The van der Waals surface area contributed by atoms with Gasteiger partial charge in [0.15, 0.2) is 11.6 Å². The minimum Gasteiger partial charge on any atom is -0.503 e. The lowest BCUT2D eigenvalue weighted by Gasteiger charge is -2.10. The predicted molar refractivity (Wildman–Crippen MR) is 45.7 cm³/mol. The van der Waals surface area contributed by atoms with Crippen molar-refractivity contribution in [2.45, 2.75) is 0 Å². The van der Waals surface area contributed by atoms with E-state index in [1.807, 2.05) is 0 Å². The van der Waals surface area contributed by atoms with Crippen molar-refractivity contribution in [1.29, 1.82) is 0 Å². The smallest absolute Gasteiger partial charge is 0.205 e. The Morgan fingerprint density at radius 1 is 1.38 bits per heavy atom. The summed E-state index contributed by atoms with van der Waals surface area (Å²) in [6.45, 7) is 0. The zero-order valence-corrected chi connectivity index (χ0v) is 7.39. The van der Waals surface area contributed by atoms with Crippen LogP contribution in [0.25, 0.3) is 0 Å². The van der Waals surface area contributed by atoms with Crippen molar-refractivity contribution in [2.24, 2.45) is 0 Å². The second-order valence-corrected chi connectivity index (χ2v) is 2.65. The first-order valence-electron chi connectivity index (χ1n) is 3.23. The van der Waals surface area contributed by atoms with Crippen molar-refractivity contribution < 1.29 is 19.3 Å². The van der Waals surface area contributed by atoms with Crippen molar-refractivity contribution in [2.75, 3.05) is 12.8 Å². The Balaban J connectivity index is 3.56. The average Bonchev–Trinajstić information content (AvgIpc) is 2.13. The largest absolute Gasteiger partial charge is 0.503 e. The van der Waals surface area contributed by atoms with Gasteiger partial charge >= 0.3 is 0 Å². The number of anilines is 1. The number of aromatic hydroxyl groups is 2. The van der Waals surface area contributed by atoms with E-state index in [0.29, 0.717) is 0 Å². The monoisotopic (exact) mass is 207 g/mol. The summed E-state index contributed by atoms with van der Waals surface area (Å²) in [4.78, 5) is 0. The number of hydrogen-bond acceptors (Lipinski definition) is 4. The molecule has 0 saturated heterocycles. The molecule has 13 heavy (non-hydrogen) atoms. The van der Waals surface area contributed by atoms with E-state index in [1.165, 1.54) is 0 Å². The minimum absolute atomic E-state index is 0.419. The Labute approximate surface area is 78.3 Å². The maximum absolute atomic E-state index is 13.1. The lowest BCUT2D eigenvalue weighted by molar-refractivity contribution is 0.334. The van der Waals surface area contributed by atoms with Crippen LogP contribution in [0.5, 0.6) is 17.2 Å². The molecule has 0 fully saturated rings. The number of rotatable bonds is 1. The molecule has 1 aromatic carbocycles. The number of phenolic OH excluding ortho intramolecular Hbond substituents is 2. The molecule has 0 spiro atoms. The summed E-state index contributed by atoms with van der Waals surface area (Å²) in [5, 5.41) is 17.8. The van der Waals surface area contributed by atoms with Crippen molar-refractivity contribution in [1.82, 2.24) is 0 Å². The quantitative estimate of drug-likeness (QED) is 0.482. The van der Waals surface area contributed by atoms with Crippen LogP contribution in [-0.4, -0.2) is 17.3 Å². The van der Waals surface area contributed by atoms with E-state index in [2.05, 4.69) is 4.74 Å². The lowest BCUT2D eigenvalue weighted by Crippen LogP contribution is -1.95. The SMILES string of the molecule is COc1c(O)c(O)c(N)c(Cl)c1F. The van der Waals surface area contributed by atoms with E-state index in [1.54, 1.807) is 0 Å². The van der Waals surface area contributed by atoms with Crippen LogP contribution < -0.4 is 10.5 Å². The third-order valence-corrected chi connectivity index (χ3v) is 1.90. The maximum Gasteiger partial charge on any atom is 0.205 e. The van der Waals surface area contributed by atoms with Crippen molar-refractivity contribution in [3.05, 3.63) is 10.8 Å². The molecule has 1 aromatic rings. The fraction of sp³-hybridized carbons (Fsp3) is 0.143. The van der Waals surface area contributed by atoms with Crippen LogP contribution in [-0.2, 0) is 0 Å². The molecule has 4 nitrogen and oxygen atoms in total. The normalized spacial score (nSPS) is 10.1. The molecule has 0 aromatic heterocycles. The molecule has 0 bridgehead atoms. The number of benzene rings is 1. The Morgan fingerprint density at radius 3 is 2.38 bits per heavy atom. The molecule has 0 saturated carbocycles. The minimum atomic E-state index is -1.00. The molecular formula is C7H7ClFNO3. The highest BCUT2D eigenvalue weighted by Crippen LogP contribution is 2.46. The van der Waals surface area contributed by atoms with Crippen LogP contribution in [0.15, 0.2) is 0 Å². The van der Waals surface area contributed by atoms with Gasteiger partial charge in [0.25, 0.3) is 0 Å². The predicted octanol–water partition coefficient (Wildman–Crippen LogP) is 1.48. The molecule has 0 atom stereocenters. The highest BCUT2D eigenvalue weighted by atomic mass is 35.5. The number of halogens is 2. The molecule has 1 rings (SSSR count). The van der Waals surface area contributed by atoms with Gasteiger partial charge in [0.05, 0.1) is 7.11 Å². The van der Waals surface area contributed by atoms with Crippen LogP contribution in [0, 0.1) is 5.82 Å². The zero-order chi connectivity index (χ0) is 10.2. The number of phenols is 2. The summed E-state index contributed by atoms with van der Waals surface area (Å²) < 4.78 is 17.6. The third kappa shape index (κ3) is 1.31. The van der Waals surface area contributed by atoms with Gasteiger partial charge in [-0.1, -0.05) is 11.6 Å². The standard InChI is InChI=1S/C7H7ClFNO3/c1-13-7-3(9)2(8)4(10)5(11)6(7)12/h11-12H,10H2,1H3. The summed E-state index contributed by atoms with van der Waals surface area (Å²) >= 11 is 5.39. The van der Waals surface area contributed by atoms with E-state index in [4.69, 9.17) is 27.5 Å². The molecule has 0 unspecified atom stereocenters. The van der Waals surface area contributed by atoms with Gasteiger partial charge in [-0.15, -0.1) is 0 Å². The summed E-state index contributed by atoms with van der Waals surface area (Å²) in [7, 11) is 1.13. The average molecular weight is 208 g/mol. The number of nitrogens with two attached hydrogens (primary N) is 1. The highest BCUT2D eigenvalue weighted by molar-refractivity contribution is 6.33. The van der Waals surface area contributed by atoms with E-state index < -0.39 is 33.8 Å². The summed E-state index contributed by atoms with van der Waals surface area (Å²) in [6.07, 6.45) is 0. The first kappa shape index (κ1) is 9.73. The molecule has 0 heterocycles. The number of hydrogen-bond donors (Lipinski definition) is 3. The van der Waals surface area contributed by atoms with Crippen molar-refractivity contribution in [3.8, 4) is 17.2 Å². The molecule has 6 heteroatoms. The first-order chi connectivity index (χ1) is 6.00. The van der Waals surface area contributed by atoms with Gasteiger partial charge in [-0.25, -0.2) is 4.39 Å². The number of nitrogen functional groups attached to an aromatic ring is 1. The molecule has 0 radical (unpaired) electrons. The fourth-order valence-electron chi connectivity index (χ4n) is 0.847. The van der Waals surface area contributed by atoms with Crippen molar-refractivity contribution >= 4 is 17.3 Å². The van der Waals surface area contributed by atoms with Crippen LogP contribution in [0.4, 0.5) is 10.1 Å². The van der Waals surface area contributed by atoms with Crippen LogP contribution in [0.3, 0.4) is 0 Å². The Kier molecular flexibility index (Phi) is 2.38. The number of methoxy groups -OCH3 is 1. The van der Waals surface area contributed by atoms with E-state index in [0.717, 1.165) is 7.11 Å². The van der Waals surface area contributed by atoms with Gasteiger partial charge in [-0.2, -0.15) is 0 Å². The van der Waals surface area contributed by atoms with Gasteiger partial charge in [-0.3, -0.25) is 0 Å². The molecular weight excluding hydrogens is 201 g/mol. The molecule has 0 amide bonds. The summed E-state index contributed by atoms with van der Waals surface area (Å²) in [5.41, 5.74) is 4.75. The number of ether oxygens (including phenoxy) is 1. The first-order valence-corrected chi connectivity index (χ1v) is 3.60. The van der Waals surface area contributed by atoms with Crippen LogP contribution in [0.1, 0.15) is 0 Å². The van der Waals surface area contributed by atoms with Crippen molar-refractivity contribution in [3.63, 3.8) is 0 Å². The molecule has 0 aliphatic heterocycles. The molecule has 0 aliphatic rings. The van der Waals surface area contributed by atoms with Gasteiger partial charge in [-0.05, 0) is 0 Å². The lowest BCUT2D eigenvalue weighted by atomic mass is 10.2. The van der Waals surface area contributed by atoms with Gasteiger partial charge in [0.2, 0.25) is 11.5 Å².